The van der Waals surface area contributed by atoms with Gasteiger partial charge in [-0.3, -0.25) is 4.40 Å². The molecule has 22 heavy (non-hydrogen) atoms. The molecule has 0 bridgehead atoms. The average Bonchev–Trinajstić information content (AvgIpc) is 3.08. The van der Waals surface area contributed by atoms with Crippen LogP contribution in [0.4, 0.5) is 5.95 Å². The summed E-state index contributed by atoms with van der Waals surface area (Å²) in [7, 11) is 0. The van der Waals surface area contributed by atoms with Gasteiger partial charge in [-0.05, 0) is 53.7 Å². The van der Waals surface area contributed by atoms with Crippen molar-refractivity contribution >= 4 is 34.2 Å². The van der Waals surface area contributed by atoms with Gasteiger partial charge in [0.2, 0.25) is 5.95 Å². The van der Waals surface area contributed by atoms with Gasteiger partial charge in [-0.1, -0.05) is 0 Å². The van der Waals surface area contributed by atoms with E-state index in [1.807, 2.05) is 10.6 Å². The van der Waals surface area contributed by atoms with Gasteiger partial charge in [0.05, 0.1) is 9.67 Å². The maximum Gasteiger partial charge on any atom is 0.212 e. The molecule has 1 aliphatic carbocycles. The number of hydrogen-bond donors (Lipinski definition) is 2. The Hall–Kier alpha value is -1.00. The van der Waals surface area contributed by atoms with E-state index in [1.165, 1.54) is 0 Å². The van der Waals surface area contributed by atoms with E-state index in [4.69, 9.17) is 5.73 Å². The maximum absolute atomic E-state index is 9.92. The van der Waals surface area contributed by atoms with E-state index in [9.17, 15) is 5.11 Å². The zero-order valence-electron chi connectivity index (χ0n) is 12.2. The summed E-state index contributed by atoms with van der Waals surface area (Å²) in [5, 5.41) is 18.1. The molecule has 1 spiro atoms. The molecule has 2 atom stereocenters. The standard InChI is InChI=1S/C14H19IN6O/c15-10-7-17-13(21-8-18-19-12(10)21)20-3-1-14(2-4-20)6-9(22)5-11(14)16/h7-9,11,22H,1-6,16H2/t9-,11+/m0/s1. The molecule has 1 aliphatic heterocycles. The van der Waals surface area contributed by atoms with Gasteiger partial charge in [0.25, 0.3) is 0 Å². The van der Waals surface area contributed by atoms with Gasteiger partial charge in [0.1, 0.15) is 6.33 Å². The molecule has 0 unspecified atom stereocenters. The summed E-state index contributed by atoms with van der Waals surface area (Å²) in [6.07, 6.45) is 6.90. The van der Waals surface area contributed by atoms with E-state index in [0.29, 0.717) is 0 Å². The molecule has 0 aromatic carbocycles. The zero-order chi connectivity index (χ0) is 15.3. The lowest BCUT2D eigenvalue weighted by atomic mass is 9.74. The van der Waals surface area contributed by atoms with E-state index in [-0.39, 0.29) is 17.6 Å². The van der Waals surface area contributed by atoms with Crippen LogP contribution in [0, 0.1) is 8.99 Å². The molecule has 0 radical (unpaired) electrons. The summed E-state index contributed by atoms with van der Waals surface area (Å²) in [4.78, 5) is 6.85. The highest BCUT2D eigenvalue weighted by atomic mass is 127. The normalized spacial score (nSPS) is 27.9. The summed E-state index contributed by atoms with van der Waals surface area (Å²) >= 11 is 2.22. The number of aliphatic hydroxyl groups excluding tert-OH is 1. The topological polar surface area (TPSA) is 92.6 Å². The fourth-order valence-electron chi connectivity index (χ4n) is 3.99. The van der Waals surface area contributed by atoms with Crippen molar-refractivity contribution in [2.75, 3.05) is 18.0 Å². The van der Waals surface area contributed by atoms with E-state index in [0.717, 1.165) is 53.9 Å². The van der Waals surface area contributed by atoms with Gasteiger partial charge >= 0.3 is 0 Å². The minimum Gasteiger partial charge on any atom is -0.393 e. The van der Waals surface area contributed by atoms with E-state index >= 15 is 0 Å². The number of piperidine rings is 1. The number of rotatable bonds is 1. The predicted molar refractivity (Wildman–Crippen MR) is 90.6 cm³/mol. The molecule has 2 aromatic rings. The third-order valence-electron chi connectivity index (χ3n) is 5.27. The van der Waals surface area contributed by atoms with E-state index in [1.54, 1.807) is 6.33 Å². The highest BCUT2D eigenvalue weighted by Gasteiger charge is 2.46. The van der Waals surface area contributed by atoms with Crippen molar-refractivity contribution in [2.24, 2.45) is 11.1 Å². The molecule has 1 saturated carbocycles. The fourth-order valence-corrected chi connectivity index (χ4v) is 4.49. The van der Waals surface area contributed by atoms with Crippen LogP contribution in [-0.4, -0.2) is 49.9 Å². The van der Waals surface area contributed by atoms with Gasteiger partial charge in [0.15, 0.2) is 5.65 Å². The molecule has 2 aromatic heterocycles. The van der Waals surface area contributed by atoms with Crippen LogP contribution in [0.25, 0.3) is 5.65 Å². The Morgan fingerprint density at radius 1 is 1.36 bits per heavy atom. The first-order chi connectivity index (χ1) is 10.6. The first kappa shape index (κ1) is 14.6. The van der Waals surface area contributed by atoms with E-state index in [2.05, 4.69) is 42.7 Å². The van der Waals surface area contributed by atoms with Crippen LogP contribution in [0.5, 0.6) is 0 Å². The van der Waals surface area contributed by atoms with Crippen LogP contribution in [0.15, 0.2) is 12.5 Å². The highest BCUT2D eigenvalue weighted by Crippen LogP contribution is 2.46. The third-order valence-corrected chi connectivity index (χ3v) is 6.03. The second-order valence-corrected chi connectivity index (χ2v) is 7.64. The van der Waals surface area contributed by atoms with Gasteiger partial charge in [-0.25, -0.2) is 4.98 Å². The quantitative estimate of drug-likeness (QED) is 0.671. The molecular weight excluding hydrogens is 395 g/mol. The maximum atomic E-state index is 9.92. The smallest absolute Gasteiger partial charge is 0.212 e. The van der Waals surface area contributed by atoms with Crippen LogP contribution >= 0.6 is 22.6 Å². The molecule has 2 fully saturated rings. The van der Waals surface area contributed by atoms with Crippen molar-refractivity contribution < 1.29 is 5.11 Å². The second-order valence-electron chi connectivity index (χ2n) is 6.48. The summed E-state index contributed by atoms with van der Waals surface area (Å²) in [6, 6.07) is 0.115. The third kappa shape index (κ3) is 2.19. The van der Waals surface area contributed by atoms with Gasteiger partial charge < -0.3 is 15.7 Å². The summed E-state index contributed by atoms with van der Waals surface area (Å²) < 4.78 is 2.94. The van der Waals surface area contributed by atoms with Crippen molar-refractivity contribution in [1.29, 1.82) is 0 Å². The van der Waals surface area contributed by atoms with Crippen LogP contribution in [-0.2, 0) is 0 Å². The number of aliphatic hydroxyl groups is 1. The number of fused-ring (bicyclic) bond motifs is 1. The molecule has 1 saturated heterocycles. The Kier molecular flexibility index (Phi) is 3.50. The van der Waals surface area contributed by atoms with Crippen molar-refractivity contribution in [3.05, 3.63) is 16.1 Å². The highest BCUT2D eigenvalue weighted by molar-refractivity contribution is 14.1. The Morgan fingerprint density at radius 3 is 2.82 bits per heavy atom. The van der Waals surface area contributed by atoms with Crippen molar-refractivity contribution in [3.63, 3.8) is 0 Å². The number of halogens is 1. The first-order valence-electron chi connectivity index (χ1n) is 7.62. The summed E-state index contributed by atoms with van der Waals surface area (Å²) in [5.41, 5.74) is 7.24. The molecule has 2 aliphatic rings. The van der Waals surface area contributed by atoms with E-state index < -0.39 is 0 Å². The Labute approximate surface area is 142 Å². The second kappa shape index (κ2) is 5.27. The summed E-state index contributed by atoms with van der Waals surface area (Å²) in [6.45, 7) is 1.81. The fraction of sp³-hybridized carbons (Fsp3) is 0.643. The predicted octanol–water partition coefficient (Wildman–Crippen LogP) is 0.797. The molecule has 7 nitrogen and oxygen atoms in total. The van der Waals surface area contributed by atoms with Crippen LogP contribution in [0.1, 0.15) is 25.7 Å². The van der Waals surface area contributed by atoms with Crippen LogP contribution in [0.3, 0.4) is 0 Å². The lowest BCUT2D eigenvalue weighted by Gasteiger charge is -2.42. The number of nitrogens with zero attached hydrogens (tertiary/aromatic N) is 5. The number of anilines is 1. The lowest BCUT2D eigenvalue weighted by molar-refractivity contribution is 0.141. The molecule has 118 valence electrons. The van der Waals surface area contributed by atoms with Crippen molar-refractivity contribution in [1.82, 2.24) is 19.6 Å². The summed E-state index contributed by atoms with van der Waals surface area (Å²) in [5.74, 6) is 0.891. The number of nitrogens with two attached hydrogens (primary N) is 1. The molecular formula is C14H19IN6O. The molecule has 4 rings (SSSR count). The minimum absolute atomic E-state index is 0.103. The average molecular weight is 414 g/mol. The molecule has 0 amide bonds. The molecule has 3 heterocycles. The van der Waals surface area contributed by atoms with Crippen LogP contribution in [0.2, 0.25) is 0 Å². The van der Waals surface area contributed by atoms with Crippen molar-refractivity contribution in [3.8, 4) is 0 Å². The zero-order valence-corrected chi connectivity index (χ0v) is 14.3. The van der Waals surface area contributed by atoms with Crippen molar-refractivity contribution in [2.45, 2.75) is 37.8 Å². The SMILES string of the molecule is N[C@@H]1C[C@H](O)CC12CCN(c1ncc(I)c3nncn13)CC2. The lowest BCUT2D eigenvalue weighted by Crippen LogP contribution is -2.47. The minimum atomic E-state index is -0.234. The Morgan fingerprint density at radius 2 is 2.14 bits per heavy atom. The monoisotopic (exact) mass is 414 g/mol. The Bertz CT molecular complexity index is 696. The van der Waals surface area contributed by atoms with Crippen LogP contribution < -0.4 is 10.6 Å². The van der Waals surface area contributed by atoms with Gasteiger partial charge in [-0.15, -0.1) is 10.2 Å². The molecule has 8 heteroatoms. The van der Waals surface area contributed by atoms with Gasteiger partial charge in [-0.2, -0.15) is 0 Å². The first-order valence-corrected chi connectivity index (χ1v) is 8.70. The molecule has 3 N–H and O–H groups in total. The number of hydrogen-bond acceptors (Lipinski definition) is 6. The van der Waals surface area contributed by atoms with Gasteiger partial charge in [0, 0.05) is 25.3 Å². The number of aromatic nitrogens is 4. The largest absolute Gasteiger partial charge is 0.393 e. The Balaban J connectivity index is 1.59.